The van der Waals surface area contributed by atoms with Crippen molar-refractivity contribution < 1.29 is 0 Å². The second-order valence-electron chi connectivity index (χ2n) is 1.96. The van der Waals surface area contributed by atoms with E-state index >= 15 is 0 Å². The van der Waals surface area contributed by atoms with Gasteiger partial charge < -0.3 is 0 Å². The molecular weight excluding hydrogens is 145 g/mol. The molecule has 1 radical (unpaired) electrons. The van der Waals surface area contributed by atoms with Gasteiger partial charge in [-0.3, -0.25) is 0 Å². The Labute approximate surface area is 52.3 Å². The van der Waals surface area contributed by atoms with E-state index in [2.05, 4.69) is 25.6 Å². The Balaban J connectivity index is 3.08. The van der Waals surface area contributed by atoms with Gasteiger partial charge in [-0.05, 0) is 0 Å². The Bertz CT molecular complexity index is 55.2. The quantitative estimate of drug-likeness (QED) is 0.530. The zero-order valence-electron chi connectivity index (χ0n) is 5.15. The first-order valence-corrected chi connectivity index (χ1v) is 5.53. The van der Waals surface area contributed by atoms with Crippen molar-refractivity contribution >= 4 is 19.8 Å². The van der Waals surface area contributed by atoms with Crippen molar-refractivity contribution in [3.63, 3.8) is 0 Å². The fraction of sp³-hybridized carbons (Fsp3) is 0.667. The van der Waals surface area contributed by atoms with E-state index < -0.39 is 0 Å². The van der Waals surface area contributed by atoms with Gasteiger partial charge in [0, 0.05) is 0 Å². The molecule has 41 valence electrons. The van der Waals surface area contributed by atoms with Gasteiger partial charge in [0.1, 0.15) is 0 Å². The summed E-state index contributed by atoms with van der Waals surface area (Å²) >= 11 is 0.0269. The van der Waals surface area contributed by atoms with Crippen molar-refractivity contribution in [2.75, 3.05) is 0 Å². The molecule has 0 fully saturated rings. The first-order chi connectivity index (χ1) is 3.27. The first kappa shape index (κ1) is 7.41. The number of hydrogen-bond donors (Lipinski definition) is 0. The maximum absolute atomic E-state index is 3.74. The van der Waals surface area contributed by atoms with Crippen LogP contribution in [0.5, 0.6) is 0 Å². The van der Waals surface area contributed by atoms with E-state index in [1.54, 1.807) is 0 Å². The normalized spacial score (nSPS) is 11.4. The van der Waals surface area contributed by atoms with Crippen LogP contribution in [0.15, 0.2) is 0 Å². The van der Waals surface area contributed by atoms with Crippen LogP contribution >= 0.6 is 0 Å². The Morgan fingerprint density at radius 2 is 2.29 bits per heavy atom. The van der Waals surface area contributed by atoms with Gasteiger partial charge in [-0.1, -0.05) is 0 Å². The first-order valence-electron chi connectivity index (χ1n) is 2.73. The fourth-order valence-corrected chi connectivity index (χ4v) is 1.91. The van der Waals surface area contributed by atoms with Crippen LogP contribution in [-0.4, -0.2) is 19.8 Å². The molecule has 0 aromatic rings. The average Bonchev–Trinajstić information content (AvgIpc) is 1.61. The monoisotopic (exact) mass is 159 g/mol. The standard InChI is InChI=1S/C6H13Ge/c1-4-5-7-6(2)3/h5-7H,1,4H2,2-3H3. The van der Waals surface area contributed by atoms with Crippen LogP contribution in [0.4, 0.5) is 0 Å². The summed E-state index contributed by atoms with van der Waals surface area (Å²) in [5.41, 5.74) is 0. The van der Waals surface area contributed by atoms with Gasteiger partial charge in [-0.15, -0.1) is 0 Å². The van der Waals surface area contributed by atoms with Gasteiger partial charge in [0.2, 0.25) is 0 Å². The van der Waals surface area contributed by atoms with Crippen molar-refractivity contribution in [3.8, 4) is 0 Å². The summed E-state index contributed by atoms with van der Waals surface area (Å²) in [7, 11) is 0. The van der Waals surface area contributed by atoms with Gasteiger partial charge in [0.25, 0.3) is 0 Å². The summed E-state index contributed by atoms with van der Waals surface area (Å²) in [6.07, 6.45) is 1.04. The second kappa shape index (κ2) is 4.57. The molecular formula is C6H13Ge. The summed E-state index contributed by atoms with van der Waals surface area (Å²) < 4.78 is 0.963. The molecule has 0 aliphatic rings. The van der Waals surface area contributed by atoms with Crippen molar-refractivity contribution in [1.29, 1.82) is 0 Å². The molecule has 0 unspecified atom stereocenters. The molecule has 0 aromatic heterocycles. The van der Waals surface area contributed by atoms with Crippen molar-refractivity contribution in [2.45, 2.75) is 25.0 Å². The third-order valence-electron chi connectivity index (χ3n) is 0.688. The summed E-state index contributed by atoms with van der Waals surface area (Å²) in [4.78, 5) is 2.37. The number of hydrogen-bond acceptors (Lipinski definition) is 0. The van der Waals surface area contributed by atoms with E-state index in [4.69, 9.17) is 0 Å². The summed E-state index contributed by atoms with van der Waals surface area (Å²) in [5.74, 6) is 0. The fourth-order valence-electron chi connectivity index (χ4n) is 0.368. The molecule has 0 saturated heterocycles. The summed E-state index contributed by atoms with van der Waals surface area (Å²) in [6, 6.07) is 0. The van der Waals surface area contributed by atoms with E-state index in [1.165, 1.54) is 0 Å². The number of rotatable bonds is 2. The molecule has 0 rings (SSSR count). The van der Waals surface area contributed by atoms with E-state index in [0.29, 0.717) is 0 Å². The van der Waals surface area contributed by atoms with Crippen LogP contribution in [0.25, 0.3) is 0 Å². The van der Waals surface area contributed by atoms with Crippen LogP contribution in [0.2, 0.25) is 4.75 Å². The Kier molecular flexibility index (Phi) is 4.84. The van der Waals surface area contributed by atoms with Crippen LogP contribution in [0, 0.1) is 6.92 Å². The predicted octanol–water partition coefficient (Wildman–Crippen LogP) is 1.28. The summed E-state index contributed by atoms with van der Waals surface area (Å²) in [6.45, 7) is 8.31. The molecule has 0 aliphatic heterocycles. The maximum atomic E-state index is 3.74. The van der Waals surface area contributed by atoms with Gasteiger partial charge in [0.05, 0.1) is 0 Å². The molecule has 0 amide bonds. The second-order valence-corrected chi connectivity index (χ2v) is 6.55. The molecule has 7 heavy (non-hydrogen) atoms. The molecule has 0 saturated carbocycles. The van der Waals surface area contributed by atoms with Gasteiger partial charge in [-0.2, -0.15) is 0 Å². The molecule has 0 atom stereocenters. The molecule has 0 aromatic carbocycles. The minimum atomic E-state index is 0.0269. The topological polar surface area (TPSA) is 0 Å². The molecule has 0 spiro atoms. The third kappa shape index (κ3) is 6.41. The Hall–Kier alpha value is 0.413. The molecule has 0 bridgehead atoms. The minimum absolute atomic E-state index is 0.0269. The average molecular weight is 158 g/mol. The van der Waals surface area contributed by atoms with E-state index in [1.807, 2.05) is 0 Å². The molecule has 0 N–H and O–H groups in total. The van der Waals surface area contributed by atoms with Crippen LogP contribution in [-0.2, 0) is 0 Å². The molecule has 0 nitrogen and oxygen atoms in total. The van der Waals surface area contributed by atoms with Gasteiger partial charge >= 0.3 is 51.8 Å². The van der Waals surface area contributed by atoms with Gasteiger partial charge in [0.15, 0.2) is 0 Å². The van der Waals surface area contributed by atoms with Crippen molar-refractivity contribution in [1.82, 2.24) is 0 Å². The van der Waals surface area contributed by atoms with Crippen LogP contribution in [0.1, 0.15) is 20.3 Å². The summed E-state index contributed by atoms with van der Waals surface area (Å²) in [5, 5.41) is 0. The van der Waals surface area contributed by atoms with E-state index in [-0.39, 0.29) is 15.0 Å². The zero-order chi connectivity index (χ0) is 5.70. The molecule has 0 aliphatic carbocycles. The Morgan fingerprint density at radius 3 is 2.43 bits per heavy atom. The molecule has 0 heterocycles. The van der Waals surface area contributed by atoms with Crippen LogP contribution < -0.4 is 0 Å². The van der Waals surface area contributed by atoms with E-state index in [0.717, 1.165) is 11.2 Å². The van der Waals surface area contributed by atoms with Crippen LogP contribution in [0.3, 0.4) is 0 Å². The Morgan fingerprint density at radius 1 is 1.71 bits per heavy atom. The third-order valence-corrected chi connectivity index (χ3v) is 3.57. The molecule has 1 heteroatoms. The SMILES string of the molecule is [CH2]C[CH]=[GeH][CH](C)C. The van der Waals surface area contributed by atoms with Gasteiger partial charge in [-0.25, -0.2) is 0 Å². The van der Waals surface area contributed by atoms with Crippen molar-refractivity contribution in [2.24, 2.45) is 0 Å². The predicted molar refractivity (Wildman–Crippen MR) is 38.3 cm³/mol. The zero-order valence-corrected chi connectivity index (χ0v) is 7.57. The van der Waals surface area contributed by atoms with Crippen molar-refractivity contribution in [3.05, 3.63) is 6.92 Å². The van der Waals surface area contributed by atoms with E-state index in [9.17, 15) is 0 Å².